The molecule has 0 atom stereocenters. The number of rotatable bonds is 8. The Morgan fingerprint density at radius 1 is 1.16 bits per heavy atom. The summed E-state index contributed by atoms with van der Waals surface area (Å²) in [5.41, 5.74) is -2.17. The lowest BCUT2D eigenvalue weighted by Gasteiger charge is -2.13. The minimum absolute atomic E-state index is 0.0634. The van der Waals surface area contributed by atoms with Crippen molar-refractivity contribution in [2.75, 3.05) is 18.4 Å². The van der Waals surface area contributed by atoms with E-state index in [9.17, 15) is 26.0 Å². The van der Waals surface area contributed by atoms with Crippen molar-refractivity contribution in [1.82, 2.24) is 9.78 Å². The van der Waals surface area contributed by atoms with Crippen molar-refractivity contribution in [2.24, 2.45) is 0 Å². The number of hydrogen-bond donors (Lipinski definition) is 2. The van der Waals surface area contributed by atoms with Gasteiger partial charge in [0.1, 0.15) is 0 Å². The molecule has 0 saturated carbocycles. The molecule has 0 radical (unpaired) electrons. The highest BCUT2D eigenvalue weighted by Gasteiger charge is 2.41. The Kier molecular flexibility index (Phi) is 6.74. The number of nitrogens with one attached hydrogen (secondary N) is 1. The number of aliphatic hydroxyl groups is 1. The van der Waals surface area contributed by atoms with Gasteiger partial charge in [0.25, 0.3) is 10.0 Å². The fourth-order valence-electron chi connectivity index (χ4n) is 3.08. The second kappa shape index (κ2) is 9.17. The van der Waals surface area contributed by atoms with Crippen molar-refractivity contribution in [1.29, 1.82) is 0 Å². The van der Waals surface area contributed by atoms with Gasteiger partial charge >= 0.3 is 6.18 Å². The summed E-state index contributed by atoms with van der Waals surface area (Å²) in [4.78, 5) is -0.190. The van der Waals surface area contributed by atoms with Crippen LogP contribution in [0.1, 0.15) is 12.1 Å². The molecule has 2 aromatic carbocycles. The molecule has 0 aliphatic carbocycles. The first kappa shape index (κ1) is 23.5. The number of nitrogens with zero attached hydrogens (tertiary/aromatic N) is 2. The Morgan fingerprint density at radius 3 is 2.41 bits per heavy atom. The van der Waals surface area contributed by atoms with Crippen LogP contribution in [0.5, 0.6) is 5.75 Å². The maximum Gasteiger partial charge on any atom is 0.433 e. The molecule has 7 nitrogen and oxygen atoms in total. The Bertz CT molecular complexity index is 1200. The lowest BCUT2D eigenvalue weighted by atomic mass is 10.0. The van der Waals surface area contributed by atoms with Gasteiger partial charge in [0.2, 0.25) is 0 Å². The van der Waals surface area contributed by atoms with Gasteiger partial charge in [-0.15, -0.1) is 0 Å². The summed E-state index contributed by atoms with van der Waals surface area (Å²) in [6.07, 6.45) is -5.02. The third kappa shape index (κ3) is 4.86. The maximum atomic E-state index is 14.3. The molecule has 2 N–H and O–H groups in total. The van der Waals surface area contributed by atoms with E-state index in [4.69, 9.17) is 9.84 Å². The van der Waals surface area contributed by atoms with Crippen molar-refractivity contribution in [3.63, 3.8) is 0 Å². The van der Waals surface area contributed by atoms with Crippen LogP contribution in [0.25, 0.3) is 11.1 Å². The first-order chi connectivity index (χ1) is 15.1. The topological polar surface area (TPSA) is 93.5 Å². The molecule has 32 heavy (non-hydrogen) atoms. The minimum Gasteiger partial charge on any atom is -0.494 e. The molecule has 0 spiro atoms. The fourth-order valence-corrected chi connectivity index (χ4v) is 4.12. The van der Waals surface area contributed by atoms with Crippen LogP contribution in [0.2, 0.25) is 0 Å². The lowest BCUT2D eigenvalue weighted by Crippen LogP contribution is -2.16. The van der Waals surface area contributed by atoms with Gasteiger partial charge < -0.3 is 9.84 Å². The lowest BCUT2D eigenvalue weighted by molar-refractivity contribution is -0.143. The summed E-state index contributed by atoms with van der Waals surface area (Å²) in [6.45, 7) is -0.751. The number of alkyl halides is 3. The highest BCUT2D eigenvalue weighted by Crippen LogP contribution is 2.42. The Labute approximate surface area is 181 Å². The molecule has 0 fully saturated rings. The number of halogens is 4. The molecular weight excluding hydrogens is 454 g/mol. The maximum absolute atomic E-state index is 14.3. The zero-order chi connectivity index (χ0) is 23.5. The van der Waals surface area contributed by atoms with Crippen molar-refractivity contribution in [3.8, 4) is 16.9 Å². The third-order valence-corrected chi connectivity index (χ3v) is 5.83. The molecule has 0 aliphatic rings. The van der Waals surface area contributed by atoms with Crippen LogP contribution in [0.15, 0.2) is 53.4 Å². The molecule has 0 aliphatic heterocycles. The average Bonchev–Trinajstić information content (AvgIpc) is 3.10. The van der Waals surface area contributed by atoms with Crippen LogP contribution in [-0.4, -0.2) is 37.0 Å². The van der Waals surface area contributed by atoms with Crippen molar-refractivity contribution >= 4 is 15.8 Å². The zero-order valence-corrected chi connectivity index (χ0v) is 17.5. The largest absolute Gasteiger partial charge is 0.494 e. The van der Waals surface area contributed by atoms with E-state index in [0.29, 0.717) is 4.68 Å². The molecule has 1 aromatic heterocycles. The van der Waals surface area contributed by atoms with E-state index >= 15 is 0 Å². The second-order valence-corrected chi connectivity index (χ2v) is 8.32. The van der Waals surface area contributed by atoms with Gasteiger partial charge in [0.05, 0.1) is 17.6 Å². The van der Waals surface area contributed by atoms with Gasteiger partial charge in [-0.05, 0) is 36.2 Å². The number of hydrogen-bond acceptors (Lipinski definition) is 5. The number of ether oxygens (including phenoxy) is 1. The van der Waals surface area contributed by atoms with Crippen molar-refractivity contribution < 1.29 is 35.8 Å². The summed E-state index contributed by atoms with van der Waals surface area (Å²) < 4.78 is 89.3. The molecule has 12 heteroatoms. The molecule has 3 aromatic rings. The van der Waals surface area contributed by atoms with Crippen molar-refractivity contribution in [3.05, 3.63) is 60.0 Å². The molecule has 0 unspecified atom stereocenters. The molecule has 0 saturated heterocycles. The predicted octanol–water partition coefficient (Wildman–Crippen LogP) is 3.90. The smallest absolute Gasteiger partial charge is 0.433 e. The van der Waals surface area contributed by atoms with Gasteiger partial charge in [-0.25, -0.2) is 12.8 Å². The number of methoxy groups -OCH3 is 1. The van der Waals surface area contributed by atoms with E-state index < -0.39 is 45.7 Å². The van der Waals surface area contributed by atoms with E-state index in [1.54, 1.807) is 6.07 Å². The standard InChI is InChI=1S/C20H19F4N3O4S/c1-31-16-9-8-13(12-15(16)21)17-18(20(22,23)24)27(10-5-11-28)25-19(17)26-32(29,30)14-6-3-2-4-7-14/h2-4,6-9,12,28H,5,10-11H2,1H3,(H,25,26). The van der Waals surface area contributed by atoms with E-state index in [0.717, 1.165) is 12.1 Å². The normalized spacial score (nSPS) is 12.1. The van der Waals surface area contributed by atoms with E-state index in [2.05, 4.69) is 9.82 Å². The third-order valence-electron chi connectivity index (χ3n) is 4.47. The Hall–Kier alpha value is -3.12. The fraction of sp³-hybridized carbons (Fsp3) is 0.250. The monoisotopic (exact) mass is 473 g/mol. The van der Waals surface area contributed by atoms with Gasteiger partial charge in [-0.1, -0.05) is 24.3 Å². The van der Waals surface area contributed by atoms with E-state index in [1.807, 2.05) is 0 Å². The van der Waals surface area contributed by atoms with Gasteiger partial charge in [0, 0.05) is 13.2 Å². The van der Waals surface area contributed by atoms with E-state index in [-0.39, 0.29) is 29.2 Å². The van der Waals surface area contributed by atoms with Crippen LogP contribution in [0.4, 0.5) is 23.4 Å². The molecule has 172 valence electrons. The SMILES string of the molecule is COc1ccc(-c2c(NS(=O)(=O)c3ccccc3)nn(CCCO)c2C(F)(F)F)cc1F. The van der Waals surface area contributed by atoms with Gasteiger partial charge in [-0.3, -0.25) is 9.40 Å². The molecule has 0 bridgehead atoms. The zero-order valence-electron chi connectivity index (χ0n) is 16.7. The first-order valence-corrected chi connectivity index (χ1v) is 10.8. The number of anilines is 1. The molecular formula is C20H19F4N3O4S. The Balaban J connectivity index is 2.24. The molecule has 0 amide bonds. The molecule has 1 heterocycles. The first-order valence-electron chi connectivity index (χ1n) is 9.29. The van der Waals surface area contributed by atoms with Gasteiger partial charge in [0.15, 0.2) is 23.1 Å². The van der Waals surface area contributed by atoms with Crippen LogP contribution >= 0.6 is 0 Å². The van der Waals surface area contributed by atoms with E-state index in [1.165, 1.54) is 37.4 Å². The summed E-state index contributed by atoms with van der Waals surface area (Å²) in [5.74, 6) is -1.75. The second-order valence-electron chi connectivity index (χ2n) is 6.64. The predicted molar refractivity (Wildman–Crippen MR) is 108 cm³/mol. The summed E-state index contributed by atoms with van der Waals surface area (Å²) in [7, 11) is -3.10. The molecule has 3 rings (SSSR count). The highest BCUT2D eigenvalue weighted by molar-refractivity contribution is 7.92. The van der Waals surface area contributed by atoms with Crippen LogP contribution < -0.4 is 9.46 Å². The number of aryl methyl sites for hydroxylation is 1. The number of aliphatic hydroxyl groups excluding tert-OH is 1. The number of benzene rings is 2. The highest BCUT2D eigenvalue weighted by atomic mass is 32.2. The van der Waals surface area contributed by atoms with Gasteiger partial charge in [-0.2, -0.15) is 18.3 Å². The number of aromatic nitrogens is 2. The summed E-state index contributed by atoms with van der Waals surface area (Å²) >= 11 is 0. The quantitative estimate of drug-likeness (QED) is 0.484. The van der Waals surface area contributed by atoms with Crippen molar-refractivity contribution in [2.45, 2.75) is 24.0 Å². The summed E-state index contributed by atoms with van der Waals surface area (Å²) in [5, 5.41) is 12.9. The van der Waals surface area contributed by atoms with Crippen LogP contribution in [-0.2, 0) is 22.7 Å². The minimum atomic E-state index is -4.95. The number of sulfonamides is 1. The van der Waals surface area contributed by atoms with Crippen LogP contribution in [0.3, 0.4) is 0 Å². The average molecular weight is 473 g/mol. The summed E-state index contributed by atoms with van der Waals surface area (Å²) in [6, 6.07) is 10.1. The van der Waals surface area contributed by atoms with Crippen LogP contribution in [0, 0.1) is 5.82 Å². The Morgan fingerprint density at radius 2 is 1.84 bits per heavy atom.